The zero-order chi connectivity index (χ0) is 13.2. The van der Waals surface area contributed by atoms with E-state index in [0.29, 0.717) is 0 Å². The van der Waals surface area contributed by atoms with E-state index in [-0.39, 0.29) is 0 Å². The van der Waals surface area contributed by atoms with Crippen molar-refractivity contribution in [1.29, 1.82) is 0 Å². The van der Waals surface area contributed by atoms with Crippen LogP contribution >= 0.6 is 0 Å². The van der Waals surface area contributed by atoms with E-state index in [1.54, 1.807) is 0 Å². The third-order valence-electron chi connectivity index (χ3n) is 3.35. The van der Waals surface area contributed by atoms with Gasteiger partial charge in [0.15, 0.2) is 0 Å². The monoisotopic (exact) mass is 245 g/mol. The smallest absolute Gasteiger partial charge is 0.0352 e. The molecular weight excluding hydrogens is 230 g/mol. The van der Waals surface area contributed by atoms with E-state index in [1.807, 2.05) is 18.5 Å². The number of rotatable bonds is 2. The molecule has 1 nitrogen and oxygen atoms in total. The lowest BCUT2D eigenvalue weighted by atomic mass is 9.98. The van der Waals surface area contributed by atoms with Crippen LogP contribution in [0, 0.1) is 6.92 Å². The summed E-state index contributed by atoms with van der Waals surface area (Å²) in [5.74, 6) is 0. The molecule has 92 valence electrons. The molecule has 0 spiro atoms. The van der Waals surface area contributed by atoms with Gasteiger partial charge in [0, 0.05) is 23.3 Å². The number of pyridine rings is 1. The van der Waals surface area contributed by atoms with Gasteiger partial charge in [-0.25, -0.2) is 0 Å². The van der Waals surface area contributed by atoms with Gasteiger partial charge in [-0.1, -0.05) is 54.6 Å². The van der Waals surface area contributed by atoms with Gasteiger partial charge in [0.1, 0.15) is 0 Å². The van der Waals surface area contributed by atoms with E-state index >= 15 is 0 Å². The Morgan fingerprint density at radius 1 is 1.05 bits per heavy atom. The fourth-order valence-corrected chi connectivity index (χ4v) is 2.35. The number of hydrogen-bond donors (Lipinski definition) is 0. The van der Waals surface area contributed by atoms with Crippen LogP contribution in [0.15, 0.2) is 61.4 Å². The van der Waals surface area contributed by atoms with Crippen molar-refractivity contribution in [3.63, 3.8) is 0 Å². The van der Waals surface area contributed by atoms with Crippen LogP contribution in [0.2, 0.25) is 0 Å². The fourth-order valence-electron chi connectivity index (χ4n) is 2.35. The molecular formula is C18H15N. The van der Waals surface area contributed by atoms with Gasteiger partial charge in [-0.3, -0.25) is 4.98 Å². The van der Waals surface area contributed by atoms with Crippen molar-refractivity contribution in [2.24, 2.45) is 0 Å². The second kappa shape index (κ2) is 4.69. The molecule has 0 unspecified atom stereocenters. The molecule has 0 bridgehead atoms. The molecule has 0 aliphatic rings. The Labute approximate surface area is 113 Å². The van der Waals surface area contributed by atoms with Crippen LogP contribution in [0.4, 0.5) is 0 Å². The number of aryl methyl sites for hydroxylation is 1. The standard InChI is InChI=1S/C18H15N/c1-3-14-7-8-16-11-19-12-18(17(16)10-14)15-6-4-5-13(2)9-15/h3-12H,1H2,2H3. The van der Waals surface area contributed by atoms with Gasteiger partial charge in [0.2, 0.25) is 0 Å². The summed E-state index contributed by atoms with van der Waals surface area (Å²) in [5, 5.41) is 2.38. The lowest BCUT2D eigenvalue weighted by Crippen LogP contribution is -1.85. The number of nitrogens with zero attached hydrogens (tertiary/aromatic N) is 1. The van der Waals surface area contributed by atoms with E-state index in [9.17, 15) is 0 Å². The van der Waals surface area contributed by atoms with Crippen molar-refractivity contribution >= 4 is 16.8 Å². The molecule has 0 atom stereocenters. The summed E-state index contributed by atoms with van der Waals surface area (Å²) in [6.45, 7) is 5.95. The van der Waals surface area contributed by atoms with E-state index in [2.05, 4.69) is 61.0 Å². The second-order valence-electron chi connectivity index (χ2n) is 4.74. The van der Waals surface area contributed by atoms with Gasteiger partial charge in [-0.05, 0) is 29.5 Å². The predicted molar refractivity (Wildman–Crippen MR) is 82.0 cm³/mol. The first-order valence-corrected chi connectivity index (χ1v) is 6.35. The van der Waals surface area contributed by atoms with Crippen molar-refractivity contribution in [3.05, 3.63) is 72.6 Å². The van der Waals surface area contributed by atoms with Crippen molar-refractivity contribution in [3.8, 4) is 11.1 Å². The average molecular weight is 245 g/mol. The van der Waals surface area contributed by atoms with Crippen LogP contribution in [0.25, 0.3) is 28.0 Å². The fraction of sp³-hybridized carbons (Fsp3) is 0.0556. The number of fused-ring (bicyclic) bond motifs is 1. The highest BCUT2D eigenvalue weighted by Crippen LogP contribution is 2.29. The highest BCUT2D eigenvalue weighted by molar-refractivity contribution is 5.96. The normalized spacial score (nSPS) is 10.6. The number of aromatic nitrogens is 1. The topological polar surface area (TPSA) is 12.9 Å². The van der Waals surface area contributed by atoms with Crippen LogP contribution in [-0.2, 0) is 0 Å². The van der Waals surface area contributed by atoms with Crippen LogP contribution < -0.4 is 0 Å². The van der Waals surface area contributed by atoms with E-state index < -0.39 is 0 Å². The molecule has 0 amide bonds. The summed E-state index contributed by atoms with van der Waals surface area (Å²) >= 11 is 0. The molecule has 1 heterocycles. The summed E-state index contributed by atoms with van der Waals surface area (Å²) in [7, 11) is 0. The second-order valence-corrected chi connectivity index (χ2v) is 4.74. The Bertz CT molecular complexity index is 756. The molecule has 0 fully saturated rings. The molecule has 19 heavy (non-hydrogen) atoms. The highest BCUT2D eigenvalue weighted by atomic mass is 14.6. The molecule has 1 aromatic heterocycles. The zero-order valence-electron chi connectivity index (χ0n) is 10.9. The number of hydrogen-bond acceptors (Lipinski definition) is 1. The van der Waals surface area contributed by atoms with E-state index in [0.717, 1.165) is 10.9 Å². The highest BCUT2D eigenvalue weighted by Gasteiger charge is 2.05. The molecule has 0 radical (unpaired) electrons. The Morgan fingerprint density at radius 2 is 1.95 bits per heavy atom. The predicted octanol–water partition coefficient (Wildman–Crippen LogP) is 4.85. The summed E-state index contributed by atoms with van der Waals surface area (Å²) in [6.07, 6.45) is 5.71. The average Bonchev–Trinajstić information content (AvgIpc) is 2.46. The van der Waals surface area contributed by atoms with Crippen molar-refractivity contribution in [1.82, 2.24) is 4.98 Å². The minimum absolute atomic E-state index is 1.13. The minimum atomic E-state index is 1.13. The first-order chi connectivity index (χ1) is 9.28. The van der Waals surface area contributed by atoms with Gasteiger partial charge in [-0.15, -0.1) is 0 Å². The van der Waals surface area contributed by atoms with Crippen molar-refractivity contribution in [2.45, 2.75) is 6.92 Å². The first-order valence-electron chi connectivity index (χ1n) is 6.35. The lowest BCUT2D eigenvalue weighted by molar-refractivity contribution is 1.36. The van der Waals surface area contributed by atoms with Crippen LogP contribution in [0.1, 0.15) is 11.1 Å². The Kier molecular flexibility index (Phi) is 2.88. The van der Waals surface area contributed by atoms with Crippen LogP contribution in [0.5, 0.6) is 0 Å². The molecule has 0 saturated carbocycles. The summed E-state index contributed by atoms with van der Waals surface area (Å²) in [4.78, 5) is 4.35. The van der Waals surface area contributed by atoms with Crippen LogP contribution in [0.3, 0.4) is 0 Å². The minimum Gasteiger partial charge on any atom is -0.263 e. The largest absolute Gasteiger partial charge is 0.263 e. The lowest BCUT2D eigenvalue weighted by Gasteiger charge is -2.08. The SMILES string of the molecule is C=Cc1ccc2cncc(-c3cccc(C)c3)c2c1. The molecule has 0 aliphatic carbocycles. The van der Waals surface area contributed by atoms with E-state index in [1.165, 1.54) is 22.1 Å². The van der Waals surface area contributed by atoms with Crippen molar-refractivity contribution < 1.29 is 0 Å². The molecule has 3 aromatic rings. The molecule has 3 rings (SSSR count). The van der Waals surface area contributed by atoms with Gasteiger partial charge < -0.3 is 0 Å². The maximum Gasteiger partial charge on any atom is 0.0352 e. The van der Waals surface area contributed by atoms with Crippen LogP contribution in [-0.4, -0.2) is 4.98 Å². The van der Waals surface area contributed by atoms with Gasteiger partial charge >= 0.3 is 0 Å². The quantitative estimate of drug-likeness (QED) is 0.628. The Morgan fingerprint density at radius 3 is 2.74 bits per heavy atom. The number of benzene rings is 2. The molecule has 2 aromatic carbocycles. The molecule has 0 aliphatic heterocycles. The maximum absolute atomic E-state index is 4.35. The maximum atomic E-state index is 4.35. The van der Waals surface area contributed by atoms with Crippen molar-refractivity contribution in [2.75, 3.05) is 0 Å². The van der Waals surface area contributed by atoms with Gasteiger partial charge in [0.05, 0.1) is 0 Å². The third kappa shape index (κ3) is 2.15. The van der Waals surface area contributed by atoms with Gasteiger partial charge in [-0.2, -0.15) is 0 Å². The Hall–Kier alpha value is -2.41. The molecule has 0 saturated heterocycles. The Balaban J connectivity index is 2.31. The molecule has 0 N–H and O–H groups in total. The van der Waals surface area contributed by atoms with E-state index in [4.69, 9.17) is 0 Å². The summed E-state index contributed by atoms with van der Waals surface area (Å²) in [6, 6.07) is 14.8. The summed E-state index contributed by atoms with van der Waals surface area (Å²) in [5.41, 5.74) is 4.77. The zero-order valence-corrected chi connectivity index (χ0v) is 10.9. The first kappa shape index (κ1) is 11.7. The molecule has 1 heteroatoms. The summed E-state index contributed by atoms with van der Waals surface area (Å²) < 4.78 is 0. The van der Waals surface area contributed by atoms with Gasteiger partial charge in [0.25, 0.3) is 0 Å². The third-order valence-corrected chi connectivity index (χ3v) is 3.35.